The lowest BCUT2D eigenvalue weighted by Gasteiger charge is -2.08. The maximum atomic E-state index is 11.1. The molecule has 1 saturated heterocycles. The van der Waals surface area contributed by atoms with E-state index in [2.05, 4.69) is 31.4 Å². The van der Waals surface area contributed by atoms with Gasteiger partial charge >= 0.3 is 0 Å². The number of nitrogens with one attached hydrogen (secondary N) is 1. The number of nitrogens with zero attached hydrogens (tertiary/aromatic N) is 3. The summed E-state index contributed by atoms with van der Waals surface area (Å²) in [5.41, 5.74) is 0.0495. The number of nitro groups is 1. The van der Waals surface area contributed by atoms with E-state index >= 15 is 0 Å². The van der Waals surface area contributed by atoms with E-state index in [4.69, 9.17) is 4.74 Å². The second kappa shape index (κ2) is 7.56. The molecule has 23 heavy (non-hydrogen) atoms. The predicted octanol–water partition coefficient (Wildman–Crippen LogP) is 3.95. The Morgan fingerprint density at radius 1 is 1.52 bits per heavy atom. The first-order valence-corrected chi connectivity index (χ1v) is 9.35. The number of aromatic nitrogens is 2. The van der Waals surface area contributed by atoms with Gasteiger partial charge in [0.25, 0.3) is 5.69 Å². The van der Waals surface area contributed by atoms with E-state index in [9.17, 15) is 10.1 Å². The Kier molecular flexibility index (Phi) is 5.46. The number of ether oxygens (including phenoxy) is 1. The van der Waals surface area contributed by atoms with Crippen LogP contribution < -0.4 is 5.32 Å². The molecule has 1 fully saturated rings. The second-order valence-corrected chi connectivity index (χ2v) is 8.04. The Balaban J connectivity index is 1.65. The van der Waals surface area contributed by atoms with Crippen LogP contribution in [0.25, 0.3) is 0 Å². The summed E-state index contributed by atoms with van der Waals surface area (Å²) < 4.78 is 6.87. The van der Waals surface area contributed by atoms with Gasteiger partial charge in [0.2, 0.25) is 5.13 Å². The van der Waals surface area contributed by atoms with Crippen LogP contribution in [-0.4, -0.2) is 34.4 Å². The van der Waals surface area contributed by atoms with Gasteiger partial charge in [-0.25, -0.2) is 0 Å². The lowest BCUT2D eigenvalue weighted by molar-refractivity contribution is -0.387. The van der Waals surface area contributed by atoms with E-state index in [0.29, 0.717) is 25.4 Å². The molecule has 0 spiro atoms. The van der Waals surface area contributed by atoms with Crippen LogP contribution in [0.2, 0.25) is 0 Å². The topological polar surface area (TPSA) is 90.2 Å². The lowest BCUT2D eigenvalue weighted by atomic mass is 10.2. The van der Waals surface area contributed by atoms with E-state index in [-0.39, 0.29) is 11.8 Å². The number of hydrogen-bond donors (Lipinski definition) is 1. The van der Waals surface area contributed by atoms with E-state index in [0.717, 1.165) is 19.4 Å². The Hall–Kier alpha value is -1.23. The molecule has 0 saturated carbocycles. The average molecular weight is 417 g/mol. The smallest absolute Gasteiger partial charge is 0.284 e. The minimum absolute atomic E-state index is 0.0495. The van der Waals surface area contributed by atoms with Crippen molar-refractivity contribution in [3.05, 3.63) is 32.8 Å². The normalized spacial score (nSPS) is 17.3. The van der Waals surface area contributed by atoms with Crippen molar-refractivity contribution in [1.82, 2.24) is 10.2 Å². The third-order valence-corrected chi connectivity index (χ3v) is 5.72. The van der Waals surface area contributed by atoms with Gasteiger partial charge in [0.1, 0.15) is 0 Å². The zero-order chi connectivity index (χ0) is 16.2. The standard InChI is InChI=1S/C13H13BrN4O3S2/c14-8-3-4-11(10(6-8)18(19)20)22-13-17-16-12(23-13)15-7-9-2-1-5-21-9/h3-4,6,9H,1-2,5,7H2,(H,15,16). The van der Waals surface area contributed by atoms with Gasteiger partial charge in [-0.3, -0.25) is 10.1 Å². The fourth-order valence-corrected chi connectivity index (χ4v) is 4.29. The van der Waals surface area contributed by atoms with Crippen molar-refractivity contribution < 1.29 is 9.66 Å². The van der Waals surface area contributed by atoms with E-state index in [1.165, 1.54) is 29.2 Å². The molecule has 0 radical (unpaired) electrons. The van der Waals surface area contributed by atoms with Crippen molar-refractivity contribution in [2.45, 2.75) is 28.2 Å². The number of benzene rings is 1. The van der Waals surface area contributed by atoms with Crippen molar-refractivity contribution in [2.75, 3.05) is 18.5 Å². The molecular formula is C13H13BrN4O3S2. The summed E-state index contributed by atoms with van der Waals surface area (Å²) in [4.78, 5) is 11.3. The fourth-order valence-electron chi connectivity index (χ4n) is 2.14. The minimum atomic E-state index is -0.398. The summed E-state index contributed by atoms with van der Waals surface area (Å²) in [6.45, 7) is 1.52. The number of nitro benzene ring substituents is 1. The Labute approximate surface area is 149 Å². The quantitative estimate of drug-likeness (QED) is 0.562. The van der Waals surface area contributed by atoms with Crippen LogP contribution >= 0.6 is 39.0 Å². The Morgan fingerprint density at radius 2 is 2.39 bits per heavy atom. The summed E-state index contributed by atoms with van der Waals surface area (Å²) in [5.74, 6) is 0. The largest absolute Gasteiger partial charge is 0.376 e. The average Bonchev–Trinajstić information content (AvgIpc) is 3.18. The van der Waals surface area contributed by atoms with Crippen LogP contribution in [0.3, 0.4) is 0 Å². The molecule has 1 unspecified atom stereocenters. The molecule has 1 N–H and O–H groups in total. The van der Waals surface area contributed by atoms with Crippen LogP contribution in [0.1, 0.15) is 12.8 Å². The van der Waals surface area contributed by atoms with Crippen LogP contribution in [0.15, 0.2) is 31.9 Å². The van der Waals surface area contributed by atoms with Gasteiger partial charge in [0, 0.05) is 23.7 Å². The van der Waals surface area contributed by atoms with Crippen molar-refractivity contribution in [3.63, 3.8) is 0 Å². The number of hydrogen-bond acceptors (Lipinski definition) is 8. The van der Waals surface area contributed by atoms with Crippen LogP contribution in [0.5, 0.6) is 0 Å². The van der Waals surface area contributed by atoms with E-state index in [1.54, 1.807) is 12.1 Å². The fraction of sp³-hybridized carbons (Fsp3) is 0.385. The number of halogens is 1. The summed E-state index contributed by atoms with van der Waals surface area (Å²) in [6.07, 6.45) is 2.37. The first kappa shape index (κ1) is 16.6. The molecule has 10 heteroatoms. The summed E-state index contributed by atoms with van der Waals surface area (Å²) in [6, 6.07) is 4.96. The number of anilines is 1. The third-order valence-electron chi connectivity index (χ3n) is 3.23. The van der Waals surface area contributed by atoms with Gasteiger partial charge in [-0.2, -0.15) is 0 Å². The van der Waals surface area contributed by atoms with E-state index < -0.39 is 4.92 Å². The van der Waals surface area contributed by atoms with Gasteiger partial charge in [0.05, 0.1) is 15.9 Å². The first-order chi connectivity index (χ1) is 11.1. The summed E-state index contributed by atoms with van der Waals surface area (Å²) >= 11 is 5.86. The molecule has 0 bridgehead atoms. The third kappa shape index (κ3) is 4.40. The minimum Gasteiger partial charge on any atom is -0.376 e. The highest BCUT2D eigenvalue weighted by atomic mass is 79.9. The molecule has 1 aliphatic heterocycles. The molecule has 1 aromatic heterocycles. The van der Waals surface area contributed by atoms with Crippen molar-refractivity contribution in [1.29, 1.82) is 0 Å². The lowest BCUT2D eigenvalue weighted by Crippen LogP contribution is -2.18. The summed E-state index contributed by atoms with van der Waals surface area (Å²) in [5, 5.41) is 23.2. The molecule has 3 rings (SSSR count). The SMILES string of the molecule is O=[N+]([O-])c1cc(Br)ccc1Sc1nnc(NCC2CCCO2)s1. The molecule has 0 aliphatic carbocycles. The summed E-state index contributed by atoms with van der Waals surface area (Å²) in [7, 11) is 0. The molecule has 1 aromatic carbocycles. The molecule has 0 amide bonds. The van der Waals surface area contributed by atoms with Gasteiger partial charge in [-0.1, -0.05) is 27.3 Å². The molecule has 1 atom stereocenters. The van der Waals surface area contributed by atoms with Crippen molar-refractivity contribution >= 4 is 49.8 Å². The maximum absolute atomic E-state index is 11.1. The van der Waals surface area contributed by atoms with Crippen molar-refractivity contribution in [2.24, 2.45) is 0 Å². The molecule has 1 aliphatic rings. The molecule has 2 aromatic rings. The van der Waals surface area contributed by atoms with Gasteiger partial charge < -0.3 is 10.1 Å². The Morgan fingerprint density at radius 3 is 3.13 bits per heavy atom. The van der Waals surface area contributed by atoms with E-state index in [1.807, 2.05) is 0 Å². The highest BCUT2D eigenvalue weighted by molar-refractivity contribution is 9.10. The molecule has 122 valence electrons. The van der Waals surface area contributed by atoms with Gasteiger partial charge in [0.15, 0.2) is 4.34 Å². The van der Waals surface area contributed by atoms with Crippen LogP contribution in [0.4, 0.5) is 10.8 Å². The highest BCUT2D eigenvalue weighted by Crippen LogP contribution is 2.38. The molecule has 7 nitrogen and oxygen atoms in total. The zero-order valence-electron chi connectivity index (χ0n) is 11.9. The maximum Gasteiger partial charge on any atom is 0.284 e. The monoisotopic (exact) mass is 416 g/mol. The first-order valence-electron chi connectivity index (χ1n) is 6.92. The number of rotatable bonds is 6. The van der Waals surface area contributed by atoms with Crippen molar-refractivity contribution in [3.8, 4) is 0 Å². The second-order valence-electron chi connectivity index (χ2n) is 4.86. The highest BCUT2D eigenvalue weighted by Gasteiger charge is 2.18. The van der Waals surface area contributed by atoms with Crippen LogP contribution in [-0.2, 0) is 4.74 Å². The molecule has 2 heterocycles. The van der Waals surface area contributed by atoms with Crippen LogP contribution in [0, 0.1) is 10.1 Å². The predicted molar refractivity (Wildman–Crippen MR) is 92.3 cm³/mol. The molecular weight excluding hydrogens is 404 g/mol. The van der Waals surface area contributed by atoms with Gasteiger partial charge in [-0.15, -0.1) is 10.2 Å². The zero-order valence-corrected chi connectivity index (χ0v) is 15.1. The van der Waals surface area contributed by atoms with Gasteiger partial charge in [-0.05, 0) is 36.7 Å². The Bertz CT molecular complexity index is 706.